The summed E-state index contributed by atoms with van der Waals surface area (Å²) in [6.07, 6.45) is 11.0. The van der Waals surface area contributed by atoms with E-state index >= 15 is 0 Å². The van der Waals surface area contributed by atoms with Crippen LogP contribution in [0.2, 0.25) is 0 Å². The van der Waals surface area contributed by atoms with Gasteiger partial charge in [0, 0.05) is 11.7 Å². The smallest absolute Gasteiger partial charge is 0.0577 e. The first-order chi connectivity index (χ1) is 13.9. The third kappa shape index (κ3) is 2.39. The maximum Gasteiger partial charge on any atom is 0.0577 e. The third-order valence-electron chi connectivity index (χ3n) is 10.5. The van der Waals surface area contributed by atoms with Gasteiger partial charge in [-0.25, -0.2) is 0 Å². The van der Waals surface area contributed by atoms with Gasteiger partial charge in [0.15, 0.2) is 0 Å². The van der Waals surface area contributed by atoms with Crippen LogP contribution in [0.3, 0.4) is 0 Å². The summed E-state index contributed by atoms with van der Waals surface area (Å²) in [6.45, 7) is 7.69. The summed E-state index contributed by atoms with van der Waals surface area (Å²) in [5, 5.41) is 14.2. The van der Waals surface area contributed by atoms with Crippen molar-refractivity contribution in [2.24, 2.45) is 34.5 Å². The SMILES string of the molecule is C[C@@H]1c2ccccc2N[C@@H]2C[C@H]3[C@@H]4CC=C5C[C@@H](O)CC[C@]5(C)[C@H]4CC[C@]3(C)[C@@H]12. The molecule has 1 heterocycles. The van der Waals surface area contributed by atoms with Gasteiger partial charge in [-0.15, -0.1) is 0 Å². The van der Waals surface area contributed by atoms with Gasteiger partial charge < -0.3 is 10.4 Å². The Hall–Kier alpha value is -1.28. The van der Waals surface area contributed by atoms with Gasteiger partial charge >= 0.3 is 0 Å². The number of aliphatic hydroxyl groups excluding tert-OH is 1. The standard InChI is InChI=1S/C27H37NO/c1-16-19-6-4-5-7-23(19)28-24-15-22-20-9-8-17-14-18(29)10-12-26(17,2)21(20)11-13-27(22,3)25(16)24/h4-8,16,18,20-22,24-25,28-29H,9-15H2,1-3H3/t16-,18+,20-,21+,22+,24-,25+,26+,27+/m1/s1. The van der Waals surface area contributed by atoms with Crippen molar-refractivity contribution in [1.82, 2.24) is 0 Å². The number of para-hydroxylation sites is 1. The maximum atomic E-state index is 10.3. The number of allylic oxidation sites excluding steroid dienone is 1. The molecule has 3 saturated carbocycles. The van der Waals surface area contributed by atoms with E-state index in [0.717, 1.165) is 36.5 Å². The molecule has 0 saturated heterocycles. The lowest BCUT2D eigenvalue weighted by Crippen LogP contribution is -2.51. The molecule has 156 valence electrons. The van der Waals surface area contributed by atoms with Gasteiger partial charge in [-0.1, -0.05) is 50.6 Å². The quantitative estimate of drug-likeness (QED) is 0.521. The molecule has 0 amide bonds. The van der Waals surface area contributed by atoms with Crippen molar-refractivity contribution in [1.29, 1.82) is 0 Å². The Kier molecular flexibility index (Phi) is 3.90. The zero-order valence-corrected chi connectivity index (χ0v) is 18.3. The maximum absolute atomic E-state index is 10.3. The molecule has 5 aliphatic rings. The number of rotatable bonds is 0. The molecule has 1 aromatic rings. The number of hydrogen-bond acceptors (Lipinski definition) is 2. The van der Waals surface area contributed by atoms with Gasteiger partial charge in [-0.2, -0.15) is 0 Å². The van der Waals surface area contributed by atoms with Gasteiger partial charge in [0.1, 0.15) is 0 Å². The minimum absolute atomic E-state index is 0.0994. The van der Waals surface area contributed by atoms with Gasteiger partial charge in [0.05, 0.1) is 6.10 Å². The first kappa shape index (κ1) is 18.5. The van der Waals surface area contributed by atoms with E-state index in [9.17, 15) is 5.11 Å². The Labute approximate surface area is 176 Å². The van der Waals surface area contributed by atoms with E-state index in [2.05, 4.69) is 56.4 Å². The summed E-state index contributed by atoms with van der Waals surface area (Å²) < 4.78 is 0. The molecule has 0 unspecified atom stereocenters. The van der Waals surface area contributed by atoms with Crippen LogP contribution in [0.25, 0.3) is 0 Å². The van der Waals surface area contributed by atoms with Crippen LogP contribution >= 0.6 is 0 Å². The highest BCUT2D eigenvalue weighted by atomic mass is 16.3. The van der Waals surface area contributed by atoms with E-state index in [-0.39, 0.29) is 6.10 Å². The van der Waals surface area contributed by atoms with Gasteiger partial charge in [0.2, 0.25) is 0 Å². The molecule has 1 aliphatic heterocycles. The van der Waals surface area contributed by atoms with Crippen LogP contribution in [0.5, 0.6) is 0 Å². The summed E-state index contributed by atoms with van der Waals surface area (Å²) in [7, 11) is 0. The molecule has 9 atom stereocenters. The molecule has 0 bridgehead atoms. The van der Waals surface area contributed by atoms with Gasteiger partial charge in [-0.3, -0.25) is 0 Å². The summed E-state index contributed by atoms with van der Waals surface area (Å²) in [6, 6.07) is 9.69. The number of nitrogens with one attached hydrogen (secondary N) is 1. The summed E-state index contributed by atoms with van der Waals surface area (Å²) in [4.78, 5) is 0. The molecule has 2 N–H and O–H groups in total. The Balaban J connectivity index is 1.36. The molecule has 29 heavy (non-hydrogen) atoms. The van der Waals surface area contributed by atoms with E-state index in [1.807, 2.05) is 0 Å². The summed E-state index contributed by atoms with van der Waals surface area (Å²) in [5.74, 6) is 3.90. The fraction of sp³-hybridized carbons (Fsp3) is 0.704. The third-order valence-corrected chi connectivity index (χ3v) is 10.5. The van der Waals surface area contributed by atoms with E-state index in [1.54, 1.807) is 5.57 Å². The van der Waals surface area contributed by atoms with Crippen LogP contribution in [0, 0.1) is 34.5 Å². The predicted octanol–water partition coefficient (Wildman–Crippen LogP) is 6.13. The zero-order valence-electron chi connectivity index (χ0n) is 18.3. The molecule has 0 radical (unpaired) electrons. The minimum atomic E-state index is -0.0994. The van der Waals surface area contributed by atoms with Crippen LogP contribution in [-0.4, -0.2) is 17.3 Å². The van der Waals surface area contributed by atoms with E-state index in [1.165, 1.54) is 43.4 Å². The number of fused-ring (bicyclic) bond motifs is 8. The zero-order chi connectivity index (χ0) is 20.0. The molecule has 0 aromatic heterocycles. The highest BCUT2D eigenvalue weighted by Gasteiger charge is 2.62. The fourth-order valence-electron chi connectivity index (χ4n) is 9.21. The van der Waals surface area contributed by atoms with Crippen molar-refractivity contribution in [3.63, 3.8) is 0 Å². The number of benzene rings is 1. The fourth-order valence-corrected chi connectivity index (χ4v) is 9.21. The topological polar surface area (TPSA) is 32.3 Å². The molecule has 6 rings (SSSR count). The van der Waals surface area contributed by atoms with Crippen LogP contribution in [-0.2, 0) is 0 Å². The van der Waals surface area contributed by atoms with Gasteiger partial charge in [0.25, 0.3) is 0 Å². The number of aliphatic hydroxyl groups is 1. The second kappa shape index (κ2) is 6.13. The lowest BCUT2D eigenvalue weighted by Gasteiger charge is -2.58. The van der Waals surface area contributed by atoms with Crippen LogP contribution in [0.4, 0.5) is 5.69 Å². The molecule has 1 aromatic carbocycles. The first-order valence-electron chi connectivity index (χ1n) is 12.1. The number of hydrogen-bond donors (Lipinski definition) is 2. The Morgan fingerprint density at radius 1 is 1.07 bits per heavy atom. The molecular formula is C27H37NO. The average Bonchev–Trinajstić information content (AvgIpc) is 3.01. The molecule has 4 aliphatic carbocycles. The minimum Gasteiger partial charge on any atom is -0.393 e. The molecule has 0 spiro atoms. The molecule has 2 nitrogen and oxygen atoms in total. The van der Waals surface area contributed by atoms with E-state index < -0.39 is 0 Å². The number of anilines is 1. The average molecular weight is 392 g/mol. The van der Waals surface area contributed by atoms with E-state index in [4.69, 9.17) is 0 Å². The van der Waals surface area contributed by atoms with E-state index in [0.29, 0.717) is 22.8 Å². The Morgan fingerprint density at radius 2 is 1.90 bits per heavy atom. The highest BCUT2D eigenvalue weighted by Crippen LogP contribution is 2.68. The van der Waals surface area contributed by atoms with Crippen LogP contribution < -0.4 is 5.32 Å². The molecule has 2 heteroatoms. The van der Waals surface area contributed by atoms with Crippen molar-refractivity contribution >= 4 is 5.69 Å². The van der Waals surface area contributed by atoms with Crippen molar-refractivity contribution in [3.8, 4) is 0 Å². The van der Waals surface area contributed by atoms with Crippen molar-refractivity contribution < 1.29 is 5.11 Å². The van der Waals surface area contributed by atoms with Crippen molar-refractivity contribution in [2.45, 2.75) is 83.8 Å². The Bertz CT molecular complexity index is 860. The first-order valence-corrected chi connectivity index (χ1v) is 12.1. The van der Waals surface area contributed by atoms with Crippen LogP contribution in [0.1, 0.15) is 77.2 Å². The van der Waals surface area contributed by atoms with Crippen molar-refractivity contribution in [3.05, 3.63) is 41.5 Å². The van der Waals surface area contributed by atoms with Crippen LogP contribution in [0.15, 0.2) is 35.9 Å². The summed E-state index contributed by atoms with van der Waals surface area (Å²) >= 11 is 0. The second-order valence-corrected chi connectivity index (χ2v) is 11.6. The lowest BCUT2D eigenvalue weighted by atomic mass is 9.47. The van der Waals surface area contributed by atoms with Gasteiger partial charge in [-0.05, 0) is 97.0 Å². The lowest BCUT2D eigenvalue weighted by molar-refractivity contribution is -0.0528. The second-order valence-electron chi connectivity index (χ2n) is 11.6. The predicted molar refractivity (Wildman–Crippen MR) is 119 cm³/mol. The Morgan fingerprint density at radius 3 is 2.76 bits per heavy atom. The van der Waals surface area contributed by atoms with Crippen molar-refractivity contribution in [2.75, 3.05) is 5.32 Å². The summed E-state index contributed by atoms with van der Waals surface area (Å²) in [5.41, 5.74) is 5.33. The highest BCUT2D eigenvalue weighted by molar-refractivity contribution is 5.57. The molecule has 3 fully saturated rings. The monoisotopic (exact) mass is 391 g/mol. The largest absolute Gasteiger partial charge is 0.393 e. The normalized spacial score (nSPS) is 50.2. The molecular weight excluding hydrogens is 354 g/mol.